The highest BCUT2D eigenvalue weighted by Crippen LogP contribution is 2.36. The molecule has 2 N–H and O–H groups in total. The smallest absolute Gasteiger partial charge is 0.146 e. The molecule has 0 saturated carbocycles. The monoisotopic (exact) mass is 1090 g/mol. The molecular weight excluding hydrogens is 1010 g/mol. The third kappa shape index (κ3) is 18.7. The molecule has 0 spiro atoms. The standard InChI is InChI=1S/C36H38O4.C23H28O3.C13H12O2/c1-3-31-23-34(40-33-21-19-32(20-22-33)37-24-28-13-7-4-8-14-28)36(39-26-30-17-11-6-12-18-30)35(27(31)2)38-25-29-15-9-5-10-16-29;1-3-20-14-21(24)23(26-16-19-12-8-5-9-13-19)22(17(20)2)25-15-18-10-6-4-7-11-18;14-12-6-8-13(9-7-12)15-10-11-4-2-1-3-5-11/h4-23,27,34-36H,3,24-26H2,1-2H3;4-14,17,21-24H,3,15-16H2,1-2H3;1-9,14H,10H2/t27-,34-,35+,36+;17-,21+,22+,23+;/m11./s1. The fourth-order valence-electron chi connectivity index (χ4n) is 10.0. The number of aromatic hydroxyl groups is 1. The van der Waals surface area contributed by atoms with E-state index in [1.54, 1.807) is 24.3 Å². The summed E-state index contributed by atoms with van der Waals surface area (Å²) in [4.78, 5) is 0. The Morgan fingerprint density at radius 2 is 0.630 bits per heavy atom. The van der Waals surface area contributed by atoms with Crippen molar-refractivity contribution < 1.29 is 43.4 Å². The van der Waals surface area contributed by atoms with Crippen LogP contribution < -0.4 is 14.2 Å². The lowest BCUT2D eigenvalue weighted by Crippen LogP contribution is -2.50. The fourth-order valence-corrected chi connectivity index (χ4v) is 10.0. The van der Waals surface area contributed by atoms with Crippen LogP contribution in [0.1, 0.15) is 73.9 Å². The second-order valence-corrected chi connectivity index (χ2v) is 20.4. The van der Waals surface area contributed by atoms with Crippen molar-refractivity contribution in [2.75, 3.05) is 0 Å². The van der Waals surface area contributed by atoms with Crippen molar-refractivity contribution in [1.29, 1.82) is 0 Å². The van der Waals surface area contributed by atoms with Crippen LogP contribution in [0.15, 0.2) is 254 Å². The molecule has 0 radical (unpaired) electrons. The van der Waals surface area contributed by atoms with Gasteiger partial charge >= 0.3 is 0 Å². The summed E-state index contributed by atoms with van der Waals surface area (Å²) in [5, 5.41) is 19.7. The van der Waals surface area contributed by atoms with Crippen LogP contribution in [0.25, 0.3) is 0 Å². The first-order valence-corrected chi connectivity index (χ1v) is 28.3. The van der Waals surface area contributed by atoms with E-state index in [-0.39, 0.29) is 48.1 Å². The van der Waals surface area contributed by atoms with Gasteiger partial charge in [-0.3, -0.25) is 0 Å². The van der Waals surface area contributed by atoms with E-state index in [0.717, 1.165) is 63.5 Å². The molecule has 0 saturated heterocycles. The van der Waals surface area contributed by atoms with Crippen LogP contribution in [0.5, 0.6) is 23.0 Å². The van der Waals surface area contributed by atoms with Crippen LogP contribution in [-0.2, 0) is 58.6 Å². The zero-order valence-corrected chi connectivity index (χ0v) is 47.1. The number of phenols is 1. The normalized spacial score (nSPS) is 20.2. The topological polar surface area (TPSA) is 105 Å². The Labute approximate surface area is 480 Å². The molecule has 8 aromatic carbocycles. The van der Waals surface area contributed by atoms with E-state index >= 15 is 0 Å². The quantitative estimate of drug-likeness (QED) is 0.0642. The predicted molar refractivity (Wildman–Crippen MR) is 322 cm³/mol. The Morgan fingerprint density at radius 1 is 0.333 bits per heavy atom. The average molecular weight is 1090 g/mol. The van der Waals surface area contributed by atoms with E-state index in [1.807, 2.05) is 164 Å². The van der Waals surface area contributed by atoms with Gasteiger partial charge in [-0.1, -0.05) is 227 Å². The van der Waals surface area contributed by atoms with Gasteiger partial charge in [0.15, 0.2) is 0 Å². The van der Waals surface area contributed by atoms with Crippen molar-refractivity contribution in [1.82, 2.24) is 0 Å². The largest absolute Gasteiger partial charge is 0.508 e. The highest BCUT2D eigenvalue weighted by Gasteiger charge is 2.41. The zero-order valence-electron chi connectivity index (χ0n) is 47.1. The van der Waals surface area contributed by atoms with E-state index in [2.05, 4.69) is 82.3 Å². The minimum Gasteiger partial charge on any atom is -0.508 e. The summed E-state index contributed by atoms with van der Waals surface area (Å²) >= 11 is 0. The van der Waals surface area contributed by atoms with Gasteiger partial charge < -0.3 is 43.4 Å². The molecule has 8 atom stereocenters. The molecule has 0 aliphatic heterocycles. The Kier molecular flexibility index (Phi) is 23.4. The average Bonchev–Trinajstić information content (AvgIpc) is 3.56. The maximum absolute atomic E-state index is 10.7. The van der Waals surface area contributed by atoms with Crippen molar-refractivity contribution in [3.8, 4) is 23.0 Å². The van der Waals surface area contributed by atoms with Crippen LogP contribution in [0.3, 0.4) is 0 Å². The van der Waals surface area contributed by atoms with Crippen molar-refractivity contribution in [2.24, 2.45) is 11.8 Å². The number of hydrogen-bond donors (Lipinski definition) is 2. The van der Waals surface area contributed by atoms with Crippen LogP contribution in [0.2, 0.25) is 0 Å². The van der Waals surface area contributed by atoms with Crippen LogP contribution in [-0.4, -0.2) is 46.8 Å². The molecule has 0 unspecified atom stereocenters. The lowest BCUT2D eigenvalue weighted by molar-refractivity contribution is -0.140. The molecule has 9 nitrogen and oxygen atoms in total. The molecule has 0 amide bonds. The number of hydrogen-bond acceptors (Lipinski definition) is 9. The number of benzene rings is 8. The van der Waals surface area contributed by atoms with Crippen LogP contribution in [0, 0.1) is 11.8 Å². The Balaban J connectivity index is 0.000000178. The maximum atomic E-state index is 10.7. The van der Waals surface area contributed by atoms with Gasteiger partial charge in [0.1, 0.15) is 60.6 Å². The molecule has 10 rings (SSSR count). The highest BCUT2D eigenvalue weighted by molar-refractivity contribution is 5.34. The number of aliphatic hydroxyl groups is 1. The van der Waals surface area contributed by atoms with Crippen molar-refractivity contribution in [3.63, 3.8) is 0 Å². The SMILES string of the molecule is CCC1=C[C@@H](Oc2ccc(OCc3ccccc3)cc2)[C@H](OCc2ccccc2)[C@@H](OCc2ccccc2)[C@@H]1C.CCC1=C[C@H](O)[C@H](OCc2ccccc2)[C@@H](OCc2ccccc2)[C@@H]1C.Oc1ccc(OCc2ccccc2)cc1. The van der Waals surface area contributed by atoms with E-state index < -0.39 is 6.10 Å². The molecule has 8 aromatic rings. The van der Waals surface area contributed by atoms with Gasteiger partial charge in [0.05, 0.1) is 38.6 Å². The molecule has 0 heterocycles. The van der Waals surface area contributed by atoms with Gasteiger partial charge in [-0.2, -0.15) is 0 Å². The minimum atomic E-state index is -0.648. The van der Waals surface area contributed by atoms with Crippen molar-refractivity contribution >= 4 is 0 Å². The van der Waals surface area contributed by atoms with Crippen molar-refractivity contribution in [3.05, 3.63) is 287 Å². The fraction of sp³-hybridized carbons (Fsp3) is 0.278. The van der Waals surface area contributed by atoms with E-state index in [0.29, 0.717) is 39.6 Å². The maximum Gasteiger partial charge on any atom is 0.146 e. The molecule has 0 aromatic heterocycles. The predicted octanol–water partition coefficient (Wildman–Crippen LogP) is 15.6. The summed E-state index contributed by atoms with van der Waals surface area (Å²) in [6, 6.07) is 75.5. The molecular formula is C72H78O9. The molecule has 81 heavy (non-hydrogen) atoms. The molecule has 0 fully saturated rings. The zero-order chi connectivity index (χ0) is 56.4. The molecule has 0 bridgehead atoms. The van der Waals surface area contributed by atoms with E-state index in [4.69, 9.17) is 38.3 Å². The van der Waals surface area contributed by atoms with E-state index in [9.17, 15) is 5.11 Å². The summed E-state index contributed by atoms with van der Waals surface area (Å²) < 4.78 is 43.7. The number of phenolic OH excluding ortho intramolecular Hbond substituents is 1. The first-order valence-electron chi connectivity index (χ1n) is 28.3. The van der Waals surface area contributed by atoms with Crippen molar-refractivity contribution in [2.45, 2.75) is 117 Å². The summed E-state index contributed by atoms with van der Waals surface area (Å²) in [5.41, 5.74) is 9.32. The second-order valence-electron chi connectivity index (χ2n) is 20.4. The highest BCUT2D eigenvalue weighted by atomic mass is 16.6. The van der Waals surface area contributed by atoms with Gasteiger partial charge in [-0.25, -0.2) is 0 Å². The molecule has 2 aliphatic rings. The van der Waals surface area contributed by atoms with Crippen LogP contribution in [0.4, 0.5) is 0 Å². The summed E-state index contributed by atoms with van der Waals surface area (Å²) in [5.74, 6) is 3.02. The lowest BCUT2D eigenvalue weighted by atomic mass is 9.81. The summed E-state index contributed by atoms with van der Waals surface area (Å²) in [7, 11) is 0. The number of ether oxygens (including phenoxy) is 7. The van der Waals surface area contributed by atoms with Gasteiger partial charge in [-0.05, 0) is 101 Å². The van der Waals surface area contributed by atoms with Crippen LogP contribution >= 0.6 is 0 Å². The lowest BCUT2D eigenvalue weighted by Gasteiger charge is -2.40. The van der Waals surface area contributed by atoms with Gasteiger partial charge in [0, 0.05) is 11.8 Å². The summed E-state index contributed by atoms with van der Waals surface area (Å²) in [6.07, 6.45) is 4.13. The Hall–Kier alpha value is -7.76. The van der Waals surface area contributed by atoms with Gasteiger partial charge in [-0.15, -0.1) is 0 Å². The number of rotatable bonds is 22. The first kappa shape index (κ1) is 59.4. The minimum absolute atomic E-state index is 0.151. The third-order valence-corrected chi connectivity index (χ3v) is 14.6. The molecule has 9 heteroatoms. The first-order chi connectivity index (χ1) is 39.7. The van der Waals surface area contributed by atoms with Gasteiger partial charge in [0.2, 0.25) is 0 Å². The summed E-state index contributed by atoms with van der Waals surface area (Å²) in [6.45, 7) is 11.8. The van der Waals surface area contributed by atoms with E-state index in [1.165, 1.54) is 11.1 Å². The Morgan fingerprint density at radius 3 is 1.00 bits per heavy atom. The third-order valence-electron chi connectivity index (χ3n) is 14.6. The number of aliphatic hydroxyl groups excluding tert-OH is 1. The molecule has 420 valence electrons. The second kappa shape index (κ2) is 31.9. The molecule has 2 aliphatic carbocycles. The Bertz CT molecular complexity index is 3050. The van der Waals surface area contributed by atoms with Gasteiger partial charge in [0.25, 0.3) is 0 Å².